The van der Waals surface area contributed by atoms with E-state index in [1.807, 2.05) is 45.8 Å². The maximum atomic E-state index is 12.0. The van der Waals surface area contributed by atoms with Crippen molar-refractivity contribution in [2.75, 3.05) is 20.7 Å². The summed E-state index contributed by atoms with van der Waals surface area (Å²) in [6.07, 6.45) is 0. The lowest BCUT2D eigenvalue weighted by molar-refractivity contribution is -0.148. The molecule has 0 aliphatic carbocycles. The molecule has 3 heteroatoms. The number of hydrogen-bond donors (Lipinski definition) is 0. The molecule has 94 valence electrons. The van der Waals surface area contributed by atoms with Crippen molar-refractivity contribution in [3.63, 3.8) is 0 Å². The summed E-state index contributed by atoms with van der Waals surface area (Å²) in [6, 6.07) is 5.82. The number of carbonyl (C=O) groups is 1. The monoisotopic (exact) mass is 235 g/mol. The second-order valence-electron chi connectivity index (χ2n) is 4.48. The molecule has 3 nitrogen and oxygen atoms in total. The summed E-state index contributed by atoms with van der Waals surface area (Å²) in [7, 11) is 3.78. The molecule has 0 spiro atoms. The Labute approximate surface area is 103 Å². The SMILES string of the molecule is CCOC(=O)C(c1cc(C)ccc1C)N(C)C. The summed E-state index contributed by atoms with van der Waals surface area (Å²) in [5.74, 6) is -0.189. The van der Waals surface area contributed by atoms with Crippen molar-refractivity contribution in [1.29, 1.82) is 0 Å². The van der Waals surface area contributed by atoms with Gasteiger partial charge in [-0.05, 0) is 46.0 Å². The highest BCUT2D eigenvalue weighted by Crippen LogP contribution is 2.24. The molecule has 1 atom stereocenters. The van der Waals surface area contributed by atoms with E-state index < -0.39 is 0 Å². The third kappa shape index (κ3) is 3.30. The summed E-state index contributed by atoms with van der Waals surface area (Å²) < 4.78 is 5.13. The van der Waals surface area contributed by atoms with Crippen molar-refractivity contribution in [2.45, 2.75) is 26.8 Å². The summed E-state index contributed by atoms with van der Waals surface area (Å²) >= 11 is 0. The Morgan fingerprint density at radius 1 is 1.35 bits per heavy atom. The van der Waals surface area contributed by atoms with Crippen molar-refractivity contribution in [2.24, 2.45) is 0 Å². The average molecular weight is 235 g/mol. The fourth-order valence-corrected chi connectivity index (χ4v) is 1.89. The Balaban J connectivity index is 3.13. The molecule has 0 aliphatic heterocycles. The largest absolute Gasteiger partial charge is 0.465 e. The Morgan fingerprint density at radius 3 is 2.53 bits per heavy atom. The first-order chi connectivity index (χ1) is 7.97. The molecule has 1 unspecified atom stereocenters. The Hall–Kier alpha value is -1.35. The van der Waals surface area contributed by atoms with E-state index in [1.165, 1.54) is 0 Å². The zero-order chi connectivity index (χ0) is 13.0. The molecule has 1 aromatic carbocycles. The summed E-state index contributed by atoms with van der Waals surface area (Å²) in [5, 5.41) is 0. The summed E-state index contributed by atoms with van der Waals surface area (Å²) in [5.41, 5.74) is 3.29. The van der Waals surface area contributed by atoms with Crippen LogP contribution in [0.4, 0.5) is 0 Å². The van der Waals surface area contributed by atoms with Crippen molar-refractivity contribution in [3.05, 3.63) is 34.9 Å². The van der Waals surface area contributed by atoms with Gasteiger partial charge in [-0.1, -0.05) is 23.8 Å². The molecular weight excluding hydrogens is 214 g/mol. The number of carbonyl (C=O) groups excluding carboxylic acids is 1. The first-order valence-electron chi connectivity index (χ1n) is 5.87. The van der Waals surface area contributed by atoms with E-state index in [1.54, 1.807) is 0 Å². The third-order valence-electron chi connectivity index (χ3n) is 2.76. The van der Waals surface area contributed by atoms with Gasteiger partial charge in [-0.15, -0.1) is 0 Å². The van der Waals surface area contributed by atoms with E-state index in [-0.39, 0.29) is 12.0 Å². The van der Waals surface area contributed by atoms with Gasteiger partial charge in [0.25, 0.3) is 0 Å². The maximum absolute atomic E-state index is 12.0. The van der Waals surface area contributed by atoms with Crippen LogP contribution in [0, 0.1) is 13.8 Å². The minimum absolute atomic E-state index is 0.189. The number of rotatable bonds is 4. The van der Waals surface area contributed by atoms with Crippen LogP contribution in [0.1, 0.15) is 29.7 Å². The Bertz CT molecular complexity index is 399. The van der Waals surface area contributed by atoms with Crippen LogP contribution in [0.25, 0.3) is 0 Å². The van der Waals surface area contributed by atoms with Crippen LogP contribution in [-0.4, -0.2) is 31.6 Å². The molecule has 0 radical (unpaired) electrons. The molecule has 1 rings (SSSR count). The second kappa shape index (κ2) is 5.82. The number of hydrogen-bond acceptors (Lipinski definition) is 3. The fourth-order valence-electron chi connectivity index (χ4n) is 1.89. The molecule has 0 fully saturated rings. The van der Waals surface area contributed by atoms with Gasteiger partial charge in [-0.25, -0.2) is 4.79 Å². The number of likely N-dealkylation sites (N-methyl/N-ethyl adjacent to an activating group) is 1. The van der Waals surface area contributed by atoms with E-state index in [0.29, 0.717) is 6.61 Å². The number of esters is 1. The maximum Gasteiger partial charge on any atom is 0.327 e. The van der Waals surface area contributed by atoms with Crippen molar-refractivity contribution in [3.8, 4) is 0 Å². The first kappa shape index (κ1) is 13.7. The van der Waals surface area contributed by atoms with Crippen LogP contribution >= 0.6 is 0 Å². The fraction of sp³-hybridized carbons (Fsp3) is 0.500. The zero-order valence-corrected chi connectivity index (χ0v) is 11.3. The minimum Gasteiger partial charge on any atom is -0.465 e. The lowest BCUT2D eigenvalue weighted by atomic mass is 9.98. The molecule has 1 aromatic rings. The third-order valence-corrected chi connectivity index (χ3v) is 2.76. The molecule has 17 heavy (non-hydrogen) atoms. The van der Waals surface area contributed by atoms with E-state index in [4.69, 9.17) is 4.74 Å². The van der Waals surface area contributed by atoms with Crippen LogP contribution < -0.4 is 0 Å². The Morgan fingerprint density at radius 2 is 2.00 bits per heavy atom. The van der Waals surface area contributed by atoms with E-state index in [2.05, 4.69) is 12.1 Å². The smallest absolute Gasteiger partial charge is 0.327 e. The highest BCUT2D eigenvalue weighted by atomic mass is 16.5. The second-order valence-corrected chi connectivity index (χ2v) is 4.48. The first-order valence-corrected chi connectivity index (χ1v) is 5.87. The standard InChI is InChI=1S/C14H21NO2/c1-6-17-14(16)13(15(4)5)12-9-10(2)7-8-11(12)3/h7-9,13H,6H2,1-5H3. The Kier molecular flexibility index (Phi) is 4.70. The molecular formula is C14H21NO2. The highest BCUT2D eigenvalue weighted by Gasteiger charge is 2.25. The molecule has 0 N–H and O–H groups in total. The van der Waals surface area contributed by atoms with Gasteiger partial charge in [0.1, 0.15) is 6.04 Å². The number of aryl methyl sites for hydroxylation is 2. The molecule has 0 aliphatic rings. The summed E-state index contributed by atoms with van der Waals surface area (Å²) in [4.78, 5) is 13.9. The van der Waals surface area contributed by atoms with Gasteiger partial charge in [0.2, 0.25) is 0 Å². The van der Waals surface area contributed by atoms with Gasteiger partial charge in [0, 0.05) is 0 Å². The lowest BCUT2D eigenvalue weighted by Crippen LogP contribution is -2.30. The normalized spacial score (nSPS) is 12.6. The van der Waals surface area contributed by atoms with Crippen LogP contribution in [-0.2, 0) is 9.53 Å². The number of nitrogens with zero attached hydrogens (tertiary/aromatic N) is 1. The summed E-state index contributed by atoms with van der Waals surface area (Å²) in [6.45, 7) is 6.28. The average Bonchev–Trinajstić information content (AvgIpc) is 2.23. The topological polar surface area (TPSA) is 29.5 Å². The van der Waals surface area contributed by atoms with E-state index in [0.717, 1.165) is 16.7 Å². The van der Waals surface area contributed by atoms with Crippen LogP contribution in [0.15, 0.2) is 18.2 Å². The molecule has 0 heterocycles. The van der Waals surface area contributed by atoms with Crippen molar-refractivity contribution >= 4 is 5.97 Å². The van der Waals surface area contributed by atoms with E-state index in [9.17, 15) is 4.79 Å². The molecule has 0 amide bonds. The minimum atomic E-state index is -0.324. The van der Waals surface area contributed by atoms with Crippen molar-refractivity contribution in [1.82, 2.24) is 4.90 Å². The molecule has 0 saturated heterocycles. The molecule has 0 aromatic heterocycles. The van der Waals surface area contributed by atoms with Crippen LogP contribution in [0.5, 0.6) is 0 Å². The quantitative estimate of drug-likeness (QED) is 0.751. The number of ether oxygens (including phenoxy) is 1. The van der Waals surface area contributed by atoms with Gasteiger partial charge in [0.15, 0.2) is 0 Å². The van der Waals surface area contributed by atoms with Gasteiger partial charge < -0.3 is 4.74 Å². The van der Waals surface area contributed by atoms with E-state index >= 15 is 0 Å². The van der Waals surface area contributed by atoms with Crippen LogP contribution in [0.3, 0.4) is 0 Å². The van der Waals surface area contributed by atoms with Gasteiger partial charge in [0.05, 0.1) is 6.61 Å². The lowest BCUT2D eigenvalue weighted by Gasteiger charge is -2.24. The van der Waals surface area contributed by atoms with Crippen molar-refractivity contribution < 1.29 is 9.53 Å². The zero-order valence-electron chi connectivity index (χ0n) is 11.3. The predicted octanol–water partition coefficient (Wildman–Crippen LogP) is 2.47. The number of benzene rings is 1. The van der Waals surface area contributed by atoms with Gasteiger partial charge in [-0.3, -0.25) is 4.90 Å². The van der Waals surface area contributed by atoms with Gasteiger partial charge in [-0.2, -0.15) is 0 Å². The molecule has 0 bridgehead atoms. The predicted molar refractivity (Wildman–Crippen MR) is 69.0 cm³/mol. The molecule has 0 saturated carbocycles. The van der Waals surface area contributed by atoms with Crippen LogP contribution in [0.2, 0.25) is 0 Å². The van der Waals surface area contributed by atoms with Gasteiger partial charge >= 0.3 is 5.97 Å². The highest BCUT2D eigenvalue weighted by molar-refractivity contribution is 5.78.